The molecule has 0 heterocycles. The quantitative estimate of drug-likeness (QED) is 0.669. The number of amides is 1. The second-order valence-electron chi connectivity index (χ2n) is 5.57. The first kappa shape index (κ1) is 18.0. The second kappa shape index (κ2) is 7.31. The molecule has 0 fully saturated rings. The van der Waals surface area contributed by atoms with Crippen LogP contribution in [0.1, 0.15) is 41.5 Å². The predicted molar refractivity (Wildman–Crippen MR) is 75.7 cm³/mol. The van der Waals surface area contributed by atoms with Crippen LogP contribution in [0.15, 0.2) is 12.1 Å². The van der Waals surface area contributed by atoms with Gasteiger partial charge < -0.3 is 14.8 Å². The number of rotatable bonds is 5. The standard InChI is InChI=1S/C15H19F2NO4/c1-15(2,3)22-14(20)12-10(16)7-9(8-11(12)17)13(19)18-5-6-21-4/h7-8H,5-6H2,1-4H3,(H,18,19). The molecule has 0 saturated carbocycles. The van der Waals surface area contributed by atoms with Crippen LogP contribution in [-0.4, -0.2) is 37.7 Å². The molecule has 0 bridgehead atoms. The van der Waals surface area contributed by atoms with Crippen LogP contribution in [0.4, 0.5) is 8.78 Å². The fourth-order valence-corrected chi connectivity index (χ4v) is 1.60. The number of hydrogen-bond acceptors (Lipinski definition) is 4. The first-order valence-corrected chi connectivity index (χ1v) is 6.65. The summed E-state index contributed by atoms with van der Waals surface area (Å²) >= 11 is 0. The van der Waals surface area contributed by atoms with Crippen LogP contribution >= 0.6 is 0 Å². The van der Waals surface area contributed by atoms with E-state index >= 15 is 0 Å². The maximum atomic E-state index is 13.9. The number of hydrogen-bond donors (Lipinski definition) is 1. The van der Waals surface area contributed by atoms with Crippen molar-refractivity contribution in [3.05, 3.63) is 34.9 Å². The highest BCUT2D eigenvalue weighted by Crippen LogP contribution is 2.19. The molecule has 22 heavy (non-hydrogen) atoms. The van der Waals surface area contributed by atoms with Crippen LogP contribution in [0.25, 0.3) is 0 Å². The number of carbonyl (C=O) groups is 2. The lowest BCUT2D eigenvalue weighted by atomic mass is 10.1. The summed E-state index contributed by atoms with van der Waals surface area (Å²) in [4.78, 5) is 23.5. The topological polar surface area (TPSA) is 64.6 Å². The summed E-state index contributed by atoms with van der Waals surface area (Å²) in [6.45, 7) is 5.22. The zero-order chi connectivity index (χ0) is 16.9. The van der Waals surface area contributed by atoms with Crippen molar-refractivity contribution < 1.29 is 27.8 Å². The molecule has 1 amide bonds. The van der Waals surface area contributed by atoms with Crippen molar-refractivity contribution in [2.45, 2.75) is 26.4 Å². The Balaban J connectivity index is 2.97. The molecule has 5 nitrogen and oxygen atoms in total. The maximum Gasteiger partial charge on any atom is 0.344 e. The molecule has 0 aliphatic heterocycles. The van der Waals surface area contributed by atoms with Crippen molar-refractivity contribution in [2.24, 2.45) is 0 Å². The average molecular weight is 315 g/mol. The Bertz CT molecular complexity index is 544. The van der Waals surface area contributed by atoms with E-state index in [1.165, 1.54) is 7.11 Å². The van der Waals surface area contributed by atoms with Crippen LogP contribution in [-0.2, 0) is 9.47 Å². The van der Waals surface area contributed by atoms with Crippen molar-refractivity contribution in [2.75, 3.05) is 20.3 Å². The van der Waals surface area contributed by atoms with Crippen LogP contribution in [0.3, 0.4) is 0 Å². The molecular weight excluding hydrogens is 296 g/mol. The molecule has 1 rings (SSSR count). The third-order valence-corrected chi connectivity index (χ3v) is 2.50. The predicted octanol–water partition coefficient (Wildman–Crippen LogP) is 2.30. The Labute approximate surface area is 127 Å². The molecule has 0 radical (unpaired) electrons. The molecule has 122 valence electrons. The number of benzene rings is 1. The molecule has 1 N–H and O–H groups in total. The summed E-state index contributed by atoms with van der Waals surface area (Å²) in [5, 5.41) is 2.43. The summed E-state index contributed by atoms with van der Waals surface area (Å²) in [6, 6.07) is 1.59. The monoisotopic (exact) mass is 315 g/mol. The number of nitrogens with one attached hydrogen (secondary N) is 1. The molecule has 0 unspecified atom stereocenters. The number of halogens is 2. The van der Waals surface area contributed by atoms with Crippen LogP contribution < -0.4 is 5.32 Å². The van der Waals surface area contributed by atoms with E-state index in [4.69, 9.17) is 9.47 Å². The van der Waals surface area contributed by atoms with Gasteiger partial charge >= 0.3 is 5.97 Å². The highest BCUT2D eigenvalue weighted by Gasteiger charge is 2.25. The van der Waals surface area contributed by atoms with Crippen molar-refractivity contribution in [1.82, 2.24) is 5.32 Å². The van der Waals surface area contributed by atoms with Gasteiger partial charge in [-0.3, -0.25) is 4.79 Å². The molecule has 0 spiro atoms. The minimum atomic E-state index is -1.15. The van der Waals surface area contributed by atoms with Gasteiger partial charge in [0.15, 0.2) is 0 Å². The van der Waals surface area contributed by atoms with Crippen molar-refractivity contribution in [3.63, 3.8) is 0 Å². The summed E-state index contributed by atoms with van der Waals surface area (Å²) in [5.74, 6) is -4.07. The van der Waals surface area contributed by atoms with E-state index in [0.29, 0.717) is 0 Å². The van der Waals surface area contributed by atoms with E-state index in [2.05, 4.69) is 5.32 Å². The van der Waals surface area contributed by atoms with Crippen molar-refractivity contribution in [3.8, 4) is 0 Å². The highest BCUT2D eigenvalue weighted by atomic mass is 19.1. The van der Waals surface area contributed by atoms with Crippen LogP contribution in [0.2, 0.25) is 0 Å². The van der Waals surface area contributed by atoms with Gasteiger partial charge in [-0.1, -0.05) is 0 Å². The lowest BCUT2D eigenvalue weighted by Crippen LogP contribution is -2.28. The summed E-state index contributed by atoms with van der Waals surface area (Å²) < 4.78 is 37.6. The Kier molecular flexibility index (Phi) is 5.99. The van der Waals surface area contributed by atoms with Gasteiger partial charge in [0.2, 0.25) is 0 Å². The summed E-state index contributed by atoms with van der Waals surface area (Å²) in [5.41, 5.74) is -1.92. The zero-order valence-electron chi connectivity index (χ0n) is 13.0. The van der Waals surface area contributed by atoms with E-state index in [9.17, 15) is 18.4 Å². The van der Waals surface area contributed by atoms with Crippen molar-refractivity contribution >= 4 is 11.9 Å². The fourth-order valence-electron chi connectivity index (χ4n) is 1.60. The minimum absolute atomic E-state index is 0.201. The van der Waals surface area contributed by atoms with Gasteiger partial charge in [0.1, 0.15) is 22.8 Å². The van der Waals surface area contributed by atoms with Crippen LogP contribution in [0.5, 0.6) is 0 Å². The number of carbonyl (C=O) groups excluding carboxylic acids is 2. The lowest BCUT2D eigenvalue weighted by molar-refractivity contribution is 0.00593. The zero-order valence-corrected chi connectivity index (χ0v) is 13.0. The smallest absolute Gasteiger partial charge is 0.344 e. The van der Waals surface area contributed by atoms with E-state index in [1.54, 1.807) is 20.8 Å². The third kappa shape index (κ3) is 5.07. The molecule has 0 aliphatic rings. The molecule has 0 aliphatic carbocycles. The summed E-state index contributed by atoms with van der Waals surface area (Å²) in [6.07, 6.45) is 0. The van der Waals surface area contributed by atoms with Gasteiger partial charge in [-0.2, -0.15) is 0 Å². The van der Waals surface area contributed by atoms with Gasteiger partial charge in [-0.05, 0) is 32.9 Å². The molecular formula is C15H19F2NO4. The Morgan fingerprint density at radius 2 is 1.73 bits per heavy atom. The minimum Gasteiger partial charge on any atom is -0.456 e. The normalized spacial score (nSPS) is 11.2. The fraction of sp³-hybridized carbons (Fsp3) is 0.467. The van der Waals surface area contributed by atoms with Crippen molar-refractivity contribution in [1.29, 1.82) is 0 Å². The Morgan fingerprint density at radius 1 is 1.18 bits per heavy atom. The molecule has 1 aromatic rings. The summed E-state index contributed by atoms with van der Waals surface area (Å²) in [7, 11) is 1.46. The Morgan fingerprint density at radius 3 is 2.18 bits per heavy atom. The van der Waals surface area contributed by atoms with Crippen LogP contribution in [0, 0.1) is 11.6 Å². The average Bonchev–Trinajstić information content (AvgIpc) is 2.35. The molecule has 0 saturated heterocycles. The number of esters is 1. The van der Waals surface area contributed by atoms with Gasteiger partial charge in [-0.15, -0.1) is 0 Å². The first-order chi connectivity index (χ1) is 10.2. The molecule has 0 aromatic heterocycles. The van der Waals surface area contributed by atoms with Gasteiger partial charge in [0.05, 0.1) is 6.61 Å². The van der Waals surface area contributed by atoms with E-state index < -0.39 is 34.7 Å². The third-order valence-electron chi connectivity index (χ3n) is 2.50. The SMILES string of the molecule is COCCNC(=O)c1cc(F)c(C(=O)OC(C)(C)C)c(F)c1. The van der Waals surface area contributed by atoms with Gasteiger partial charge in [0.25, 0.3) is 5.91 Å². The number of ether oxygens (including phenoxy) is 2. The lowest BCUT2D eigenvalue weighted by Gasteiger charge is -2.20. The first-order valence-electron chi connectivity index (χ1n) is 6.65. The van der Waals surface area contributed by atoms with Gasteiger partial charge in [0, 0.05) is 19.2 Å². The highest BCUT2D eigenvalue weighted by molar-refractivity contribution is 5.96. The largest absolute Gasteiger partial charge is 0.456 e. The second-order valence-corrected chi connectivity index (χ2v) is 5.57. The van der Waals surface area contributed by atoms with E-state index in [1.807, 2.05) is 0 Å². The molecule has 1 aromatic carbocycles. The van der Waals surface area contributed by atoms with E-state index in [0.717, 1.165) is 12.1 Å². The molecule has 0 atom stereocenters. The Hall–Kier alpha value is -2.02. The van der Waals surface area contributed by atoms with E-state index in [-0.39, 0.29) is 18.7 Å². The molecule has 7 heteroatoms. The van der Waals surface area contributed by atoms with Gasteiger partial charge in [-0.25, -0.2) is 13.6 Å². The maximum absolute atomic E-state index is 13.9. The number of methoxy groups -OCH3 is 1.